The van der Waals surface area contributed by atoms with Crippen molar-refractivity contribution in [1.82, 2.24) is 9.71 Å². The van der Waals surface area contributed by atoms with Gasteiger partial charge in [-0.3, -0.25) is 19.6 Å². The molecule has 2 aromatic carbocycles. The van der Waals surface area contributed by atoms with Crippen molar-refractivity contribution in [3.8, 4) is 0 Å². The molecule has 0 aliphatic heterocycles. The summed E-state index contributed by atoms with van der Waals surface area (Å²) in [6.45, 7) is 3.05. The number of hydrogen-bond donors (Lipinski definition) is 4. The number of carbonyl (C=O) groups excluding carboxylic acids is 2. The van der Waals surface area contributed by atoms with Crippen molar-refractivity contribution in [2.45, 2.75) is 39.2 Å². The minimum Gasteiger partial charge on any atom is -0.445 e. The number of carbonyl (C=O) groups is 2. The van der Waals surface area contributed by atoms with Gasteiger partial charge in [-0.2, -0.15) is 0 Å². The molecule has 0 atom stereocenters. The number of benzene rings is 2. The van der Waals surface area contributed by atoms with E-state index in [4.69, 9.17) is 10.9 Å². The number of nitrogens with one attached hydrogen (secondary N) is 2. The number of aryl methyl sites for hydroxylation is 1. The predicted molar refractivity (Wildman–Crippen MR) is 134 cm³/mol. The Hall–Kier alpha value is -3.14. The second-order valence-electron chi connectivity index (χ2n) is 7.29. The maximum Gasteiger partial charge on any atom is 0.404 e. The van der Waals surface area contributed by atoms with Gasteiger partial charge in [0.05, 0.1) is 11.2 Å². The molecule has 0 bridgehead atoms. The average molecular weight is 470 g/mol. The monoisotopic (exact) mass is 469 g/mol. The van der Waals surface area contributed by atoms with Crippen molar-refractivity contribution in [2.75, 3.05) is 11.9 Å². The quantitative estimate of drug-likeness (QED) is 0.255. The molecule has 0 spiro atoms. The Bertz CT molecular complexity index is 1020. The normalized spacial score (nSPS) is 10.2. The number of nitrogens with zero attached hydrogens (tertiary/aromatic N) is 1. The first-order valence-electron chi connectivity index (χ1n) is 10.7. The number of amides is 2. The lowest BCUT2D eigenvalue weighted by Gasteiger charge is -2.09. The van der Waals surface area contributed by atoms with Crippen molar-refractivity contribution < 1.29 is 14.3 Å². The molecule has 176 valence electrons. The third kappa shape index (κ3) is 10.3. The number of fused-ring (bicyclic) bond motifs is 1. The van der Waals surface area contributed by atoms with Crippen molar-refractivity contribution in [3.05, 3.63) is 71.9 Å². The number of anilines is 1. The van der Waals surface area contributed by atoms with Gasteiger partial charge in [0, 0.05) is 36.2 Å². The lowest BCUT2D eigenvalue weighted by atomic mass is 10.1. The molecule has 0 aliphatic carbocycles. The molecular weight excluding hydrogens is 438 g/mol. The van der Waals surface area contributed by atoms with Crippen LogP contribution >= 0.6 is 12.1 Å². The van der Waals surface area contributed by atoms with Crippen molar-refractivity contribution in [2.24, 2.45) is 10.9 Å². The fourth-order valence-corrected chi connectivity index (χ4v) is 3.33. The number of unbranched alkanes of at least 4 members (excludes halogenated alkanes) is 2. The highest BCUT2D eigenvalue weighted by Gasteiger charge is 2.07. The zero-order valence-electron chi connectivity index (χ0n) is 18.8. The van der Waals surface area contributed by atoms with Crippen LogP contribution in [0.1, 0.15) is 36.9 Å². The highest BCUT2D eigenvalue weighted by molar-refractivity contribution is 7.95. The molecule has 1 aromatic heterocycles. The lowest BCUT2D eigenvalue weighted by Crippen LogP contribution is -2.12. The van der Waals surface area contributed by atoms with E-state index in [-0.39, 0.29) is 12.5 Å². The van der Waals surface area contributed by atoms with Gasteiger partial charge in [-0.1, -0.05) is 55.0 Å². The van der Waals surface area contributed by atoms with Crippen LogP contribution in [0, 0.1) is 6.92 Å². The van der Waals surface area contributed by atoms with E-state index in [9.17, 15) is 9.59 Å². The summed E-state index contributed by atoms with van der Waals surface area (Å²) in [6.07, 6.45) is 2.70. The molecule has 9 heteroatoms. The molecule has 0 saturated heterocycles. The highest BCUT2D eigenvalue weighted by atomic mass is 32.2. The number of para-hydroxylation sites is 1. The number of primary amides is 1. The first-order valence-corrected chi connectivity index (χ1v) is 11.6. The van der Waals surface area contributed by atoms with E-state index in [1.54, 1.807) is 0 Å². The van der Waals surface area contributed by atoms with E-state index in [1.807, 2.05) is 67.6 Å². The van der Waals surface area contributed by atoms with Crippen molar-refractivity contribution >= 4 is 40.7 Å². The molecule has 8 nitrogen and oxygen atoms in total. The minimum atomic E-state index is -0.742. The van der Waals surface area contributed by atoms with Crippen molar-refractivity contribution in [3.63, 3.8) is 0 Å². The van der Waals surface area contributed by atoms with Crippen LogP contribution in [0.25, 0.3) is 10.9 Å². The fourth-order valence-electron chi connectivity index (χ4n) is 3.07. The van der Waals surface area contributed by atoms with Crippen LogP contribution in [0.5, 0.6) is 0 Å². The SMILES string of the molecule is Cc1cc(NC(=O)CCCCCNSN)c2ccccc2n1.NC(=O)OCc1ccccc1. The van der Waals surface area contributed by atoms with E-state index in [2.05, 4.69) is 19.8 Å². The van der Waals surface area contributed by atoms with Gasteiger partial charge in [-0.15, -0.1) is 0 Å². The smallest absolute Gasteiger partial charge is 0.404 e. The Morgan fingerprint density at radius 1 is 1.03 bits per heavy atom. The molecule has 2 amide bonds. The van der Waals surface area contributed by atoms with E-state index in [0.717, 1.165) is 65.8 Å². The summed E-state index contributed by atoms with van der Waals surface area (Å²) in [6, 6.07) is 19.1. The Labute approximate surface area is 198 Å². The van der Waals surface area contributed by atoms with Gasteiger partial charge in [0.1, 0.15) is 6.61 Å². The predicted octanol–water partition coefficient (Wildman–Crippen LogP) is 4.44. The molecule has 0 aliphatic rings. The van der Waals surface area contributed by atoms with E-state index < -0.39 is 6.09 Å². The van der Waals surface area contributed by atoms with Gasteiger partial charge in [0.25, 0.3) is 0 Å². The van der Waals surface area contributed by atoms with Gasteiger partial charge < -0.3 is 15.8 Å². The summed E-state index contributed by atoms with van der Waals surface area (Å²) in [7, 11) is 0. The lowest BCUT2D eigenvalue weighted by molar-refractivity contribution is -0.116. The Balaban J connectivity index is 0.000000294. The molecule has 6 N–H and O–H groups in total. The topological polar surface area (TPSA) is 132 Å². The maximum absolute atomic E-state index is 12.1. The molecule has 33 heavy (non-hydrogen) atoms. The number of rotatable bonds is 10. The van der Waals surface area contributed by atoms with E-state index >= 15 is 0 Å². The van der Waals surface area contributed by atoms with Crippen LogP contribution in [0.2, 0.25) is 0 Å². The fraction of sp³-hybridized carbons (Fsp3) is 0.292. The Morgan fingerprint density at radius 2 is 1.76 bits per heavy atom. The first-order chi connectivity index (χ1) is 16.0. The third-order valence-electron chi connectivity index (χ3n) is 4.61. The first kappa shape index (κ1) is 26.1. The summed E-state index contributed by atoms with van der Waals surface area (Å²) in [5, 5.41) is 9.26. The summed E-state index contributed by atoms with van der Waals surface area (Å²) in [5.41, 5.74) is 8.37. The minimum absolute atomic E-state index is 0.0527. The average Bonchev–Trinajstić information content (AvgIpc) is 2.81. The van der Waals surface area contributed by atoms with Crippen LogP contribution in [0.3, 0.4) is 0 Å². The molecule has 0 fully saturated rings. The largest absolute Gasteiger partial charge is 0.445 e. The molecule has 3 rings (SSSR count). The zero-order valence-corrected chi connectivity index (χ0v) is 19.6. The molecule has 0 unspecified atom stereocenters. The summed E-state index contributed by atoms with van der Waals surface area (Å²) >= 11 is 1.13. The Kier molecular flexibility index (Phi) is 11.7. The molecule has 0 saturated carbocycles. The van der Waals surface area contributed by atoms with Crippen LogP contribution < -0.4 is 20.9 Å². The summed E-state index contributed by atoms with van der Waals surface area (Å²) < 4.78 is 7.56. The van der Waals surface area contributed by atoms with Crippen LogP contribution in [0.15, 0.2) is 60.7 Å². The highest BCUT2D eigenvalue weighted by Crippen LogP contribution is 2.23. The van der Waals surface area contributed by atoms with Crippen molar-refractivity contribution in [1.29, 1.82) is 0 Å². The zero-order chi connectivity index (χ0) is 23.9. The number of hydrogen-bond acceptors (Lipinski definition) is 7. The summed E-state index contributed by atoms with van der Waals surface area (Å²) in [4.78, 5) is 26.7. The summed E-state index contributed by atoms with van der Waals surface area (Å²) in [5.74, 6) is 0.0527. The number of pyridine rings is 1. The molecular formula is C24H31N5O3S. The molecule has 0 radical (unpaired) electrons. The van der Waals surface area contributed by atoms with Crippen LogP contribution in [-0.4, -0.2) is 23.5 Å². The van der Waals surface area contributed by atoms with E-state index in [1.165, 1.54) is 0 Å². The number of aromatic nitrogens is 1. The van der Waals surface area contributed by atoms with E-state index in [0.29, 0.717) is 6.42 Å². The second kappa shape index (κ2) is 14.8. The van der Waals surface area contributed by atoms with Gasteiger partial charge in [-0.25, -0.2) is 4.79 Å². The number of nitrogens with two attached hydrogens (primary N) is 2. The standard InChI is InChI=1S/C16H22N4OS.C8H9NO2/c1-12-11-15(13-7-4-5-8-14(13)19-12)20-16(21)9-3-2-6-10-18-22-17;9-8(10)11-6-7-4-2-1-3-5-7/h4-5,7-8,11,18H,2-3,6,9-10,17H2,1H3,(H,19,20,21);1-5H,6H2,(H2,9,10). The molecule has 1 heterocycles. The Morgan fingerprint density at radius 3 is 2.48 bits per heavy atom. The second-order valence-corrected chi connectivity index (χ2v) is 7.82. The maximum atomic E-state index is 12.1. The van der Waals surface area contributed by atoms with Gasteiger partial charge in [0.15, 0.2) is 0 Å². The van der Waals surface area contributed by atoms with Crippen LogP contribution in [0.4, 0.5) is 10.5 Å². The van der Waals surface area contributed by atoms with Crippen LogP contribution in [-0.2, 0) is 16.1 Å². The van der Waals surface area contributed by atoms with Gasteiger partial charge in [-0.05, 0) is 37.5 Å². The van der Waals surface area contributed by atoms with Gasteiger partial charge in [0.2, 0.25) is 5.91 Å². The molecule has 3 aromatic rings. The third-order valence-corrected chi connectivity index (χ3v) is 4.98. The van der Waals surface area contributed by atoms with Gasteiger partial charge >= 0.3 is 6.09 Å². The number of ether oxygens (including phenoxy) is 1.